The Kier molecular flexibility index (Phi) is 3.69. The fraction of sp³-hybridized carbons (Fsp3) is 0.154. The zero-order valence-corrected chi connectivity index (χ0v) is 9.34. The van der Waals surface area contributed by atoms with Gasteiger partial charge in [-0.15, -0.1) is 0 Å². The monoisotopic (exact) mass is 230 g/mol. The third-order valence-corrected chi connectivity index (χ3v) is 2.32. The molecule has 0 radical (unpaired) electrons. The molecule has 0 fully saturated rings. The molecule has 17 heavy (non-hydrogen) atoms. The lowest BCUT2D eigenvalue weighted by Gasteiger charge is -2.06. The number of aromatic nitrogens is 1. The summed E-state index contributed by atoms with van der Waals surface area (Å²) in [5, 5.41) is 9.01. The molecular formula is C13H14N2O2. The van der Waals surface area contributed by atoms with Gasteiger partial charge in [0.15, 0.2) is 0 Å². The van der Waals surface area contributed by atoms with Crippen molar-refractivity contribution in [3.8, 4) is 11.5 Å². The maximum absolute atomic E-state index is 9.01. The van der Waals surface area contributed by atoms with Crippen LogP contribution >= 0.6 is 0 Å². The summed E-state index contributed by atoms with van der Waals surface area (Å²) < 4.78 is 5.61. The summed E-state index contributed by atoms with van der Waals surface area (Å²) in [6.07, 6.45) is 1.63. The van der Waals surface area contributed by atoms with Gasteiger partial charge in [0.2, 0.25) is 0 Å². The van der Waals surface area contributed by atoms with Gasteiger partial charge in [0, 0.05) is 6.54 Å². The Morgan fingerprint density at radius 2 is 2.06 bits per heavy atom. The Labute approximate surface area is 99.7 Å². The lowest BCUT2D eigenvalue weighted by Crippen LogP contribution is -1.98. The third kappa shape index (κ3) is 3.03. The van der Waals surface area contributed by atoms with E-state index in [1.54, 1.807) is 12.3 Å². The molecule has 0 spiro atoms. The first-order valence-electron chi connectivity index (χ1n) is 5.34. The van der Waals surface area contributed by atoms with Crippen molar-refractivity contribution >= 4 is 0 Å². The fourth-order valence-corrected chi connectivity index (χ4v) is 1.44. The number of hydrogen-bond acceptors (Lipinski definition) is 4. The summed E-state index contributed by atoms with van der Waals surface area (Å²) in [5.74, 6) is 1.33. The second-order valence-corrected chi connectivity index (χ2v) is 3.60. The van der Waals surface area contributed by atoms with Crippen molar-refractivity contribution in [3.63, 3.8) is 0 Å². The first-order valence-corrected chi connectivity index (χ1v) is 5.34. The molecule has 1 aromatic carbocycles. The van der Waals surface area contributed by atoms with E-state index in [0.717, 1.165) is 11.3 Å². The molecule has 0 bridgehead atoms. The Balaban J connectivity index is 2.13. The van der Waals surface area contributed by atoms with Crippen LogP contribution in [0.2, 0.25) is 0 Å². The van der Waals surface area contributed by atoms with Crippen molar-refractivity contribution in [2.75, 3.05) is 0 Å². The molecule has 1 aromatic heterocycles. The number of nitrogens with two attached hydrogens (primary N) is 1. The van der Waals surface area contributed by atoms with E-state index in [4.69, 9.17) is 15.6 Å². The van der Waals surface area contributed by atoms with E-state index in [9.17, 15) is 0 Å². The molecule has 0 unspecified atom stereocenters. The molecule has 0 aliphatic heterocycles. The van der Waals surface area contributed by atoms with Gasteiger partial charge in [-0.25, -0.2) is 0 Å². The lowest BCUT2D eigenvalue weighted by molar-refractivity contribution is 0.281. The molecule has 3 N–H and O–H groups in total. The van der Waals surface area contributed by atoms with Gasteiger partial charge in [-0.3, -0.25) is 4.98 Å². The van der Waals surface area contributed by atoms with Crippen LogP contribution in [0.1, 0.15) is 11.3 Å². The van der Waals surface area contributed by atoms with E-state index in [-0.39, 0.29) is 6.61 Å². The van der Waals surface area contributed by atoms with Crippen molar-refractivity contribution in [2.24, 2.45) is 5.73 Å². The molecular weight excluding hydrogens is 216 g/mol. The molecule has 0 saturated carbocycles. The van der Waals surface area contributed by atoms with Crippen LogP contribution in [0, 0.1) is 0 Å². The Morgan fingerprint density at radius 1 is 1.18 bits per heavy atom. The van der Waals surface area contributed by atoms with Crippen molar-refractivity contribution in [1.82, 2.24) is 4.98 Å². The summed E-state index contributed by atoms with van der Waals surface area (Å²) in [7, 11) is 0. The highest BCUT2D eigenvalue weighted by molar-refractivity contribution is 5.33. The summed E-state index contributed by atoms with van der Waals surface area (Å²) in [6.45, 7) is 0.418. The summed E-state index contributed by atoms with van der Waals surface area (Å²) in [5.41, 5.74) is 7.09. The molecule has 88 valence electrons. The smallest absolute Gasteiger partial charge is 0.145 e. The summed E-state index contributed by atoms with van der Waals surface area (Å²) >= 11 is 0. The van der Waals surface area contributed by atoms with Gasteiger partial charge in [0.05, 0.1) is 18.5 Å². The average molecular weight is 230 g/mol. The van der Waals surface area contributed by atoms with E-state index >= 15 is 0 Å². The molecule has 4 nitrogen and oxygen atoms in total. The second-order valence-electron chi connectivity index (χ2n) is 3.60. The van der Waals surface area contributed by atoms with Gasteiger partial charge in [0.1, 0.15) is 11.5 Å². The van der Waals surface area contributed by atoms with Crippen LogP contribution in [0.25, 0.3) is 0 Å². The van der Waals surface area contributed by atoms with Crippen LogP contribution < -0.4 is 10.5 Å². The van der Waals surface area contributed by atoms with Crippen LogP contribution in [0.4, 0.5) is 0 Å². The third-order valence-electron chi connectivity index (χ3n) is 2.32. The first-order chi connectivity index (χ1) is 8.31. The van der Waals surface area contributed by atoms with Gasteiger partial charge < -0.3 is 15.6 Å². The minimum Gasteiger partial charge on any atom is -0.456 e. The SMILES string of the molecule is NCc1ccc(Oc2cccc(CO)c2)cn1. The number of aliphatic hydroxyl groups excluding tert-OH is 1. The van der Waals surface area contributed by atoms with Crippen LogP contribution in [0.5, 0.6) is 11.5 Å². The molecule has 0 aliphatic carbocycles. The number of hydrogen-bond donors (Lipinski definition) is 2. The average Bonchev–Trinajstić information content (AvgIpc) is 2.40. The van der Waals surface area contributed by atoms with E-state index in [1.807, 2.05) is 30.3 Å². The number of nitrogens with zero attached hydrogens (tertiary/aromatic N) is 1. The molecule has 0 atom stereocenters. The first kappa shape index (κ1) is 11.6. The second kappa shape index (κ2) is 5.43. The van der Waals surface area contributed by atoms with Crippen molar-refractivity contribution < 1.29 is 9.84 Å². The molecule has 2 rings (SSSR count). The highest BCUT2D eigenvalue weighted by atomic mass is 16.5. The van der Waals surface area contributed by atoms with E-state index < -0.39 is 0 Å². The number of pyridine rings is 1. The predicted molar refractivity (Wildman–Crippen MR) is 64.6 cm³/mol. The van der Waals surface area contributed by atoms with Crippen LogP contribution in [0.3, 0.4) is 0 Å². The van der Waals surface area contributed by atoms with Gasteiger partial charge in [-0.2, -0.15) is 0 Å². The maximum Gasteiger partial charge on any atom is 0.145 e. The van der Waals surface area contributed by atoms with E-state index in [1.165, 1.54) is 0 Å². The number of benzene rings is 1. The predicted octanol–water partition coefficient (Wildman–Crippen LogP) is 1.82. The quantitative estimate of drug-likeness (QED) is 0.840. The van der Waals surface area contributed by atoms with Crippen molar-refractivity contribution in [1.29, 1.82) is 0 Å². The largest absolute Gasteiger partial charge is 0.456 e. The van der Waals surface area contributed by atoms with Crippen LogP contribution in [-0.4, -0.2) is 10.1 Å². The van der Waals surface area contributed by atoms with Gasteiger partial charge in [-0.05, 0) is 29.8 Å². The maximum atomic E-state index is 9.01. The minimum atomic E-state index is 0.00155. The molecule has 0 amide bonds. The standard InChI is InChI=1S/C13H14N2O2/c14-7-11-4-5-13(8-15-11)17-12-3-1-2-10(6-12)9-16/h1-6,8,16H,7,9,14H2. The topological polar surface area (TPSA) is 68.4 Å². The molecule has 1 heterocycles. The number of aliphatic hydroxyl groups is 1. The highest BCUT2D eigenvalue weighted by Crippen LogP contribution is 2.21. The summed E-state index contributed by atoms with van der Waals surface area (Å²) in [6, 6.07) is 10.9. The minimum absolute atomic E-state index is 0.00155. The van der Waals surface area contributed by atoms with Crippen LogP contribution in [0.15, 0.2) is 42.6 Å². The number of ether oxygens (including phenoxy) is 1. The van der Waals surface area contributed by atoms with E-state index in [2.05, 4.69) is 4.98 Å². The van der Waals surface area contributed by atoms with Crippen molar-refractivity contribution in [3.05, 3.63) is 53.9 Å². The molecule has 4 heteroatoms. The highest BCUT2D eigenvalue weighted by Gasteiger charge is 1.99. The van der Waals surface area contributed by atoms with Crippen molar-refractivity contribution in [2.45, 2.75) is 13.2 Å². The molecule has 0 aliphatic rings. The number of rotatable bonds is 4. The Morgan fingerprint density at radius 3 is 2.71 bits per heavy atom. The fourth-order valence-electron chi connectivity index (χ4n) is 1.44. The van der Waals surface area contributed by atoms with E-state index in [0.29, 0.717) is 18.0 Å². The zero-order chi connectivity index (χ0) is 12.1. The van der Waals surface area contributed by atoms with Gasteiger partial charge in [-0.1, -0.05) is 12.1 Å². The van der Waals surface area contributed by atoms with Gasteiger partial charge in [0.25, 0.3) is 0 Å². The zero-order valence-electron chi connectivity index (χ0n) is 9.34. The summed E-state index contributed by atoms with van der Waals surface area (Å²) in [4.78, 5) is 4.14. The molecule has 0 saturated heterocycles. The Bertz CT molecular complexity index is 483. The van der Waals surface area contributed by atoms with Crippen LogP contribution in [-0.2, 0) is 13.2 Å². The Hall–Kier alpha value is -1.91. The van der Waals surface area contributed by atoms with Gasteiger partial charge >= 0.3 is 0 Å². The lowest BCUT2D eigenvalue weighted by atomic mass is 10.2. The molecule has 2 aromatic rings. The normalized spacial score (nSPS) is 10.2.